The largest absolute Gasteiger partial charge is 0.497 e. The maximum absolute atomic E-state index is 13.6. The lowest BCUT2D eigenvalue weighted by Crippen LogP contribution is -2.37. The molecule has 192 valence electrons. The molecule has 11 heteroatoms. The third kappa shape index (κ3) is 5.58. The number of aromatic nitrogens is 1. The Morgan fingerprint density at radius 3 is 2.59 bits per heavy atom. The Morgan fingerprint density at radius 1 is 1.16 bits per heavy atom. The average molecular weight is 542 g/mol. The maximum Gasteiger partial charge on any atom is 0.261 e. The van der Waals surface area contributed by atoms with Gasteiger partial charge in [-0.25, -0.2) is 17.8 Å². The number of nitrogens with one attached hydrogen (secondary N) is 1. The molecule has 4 aromatic rings. The lowest BCUT2D eigenvalue weighted by Gasteiger charge is -2.23. The van der Waals surface area contributed by atoms with E-state index in [4.69, 9.17) is 9.47 Å². The number of anilines is 2. The van der Waals surface area contributed by atoms with Crippen LogP contribution in [0.25, 0.3) is 10.2 Å². The van der Waals surface area contributed by atoms with Crippen molar-refractivity contribution in [1.82, 2.24) is 4.98 Å². The highest BCUT2D eigenvalue weighted by molar-refractivity contribution is 7.92. The second kappa shape index (κ2) is 10.4. The summed E-state index contributed by atoms with van der Waals surface area (Å²) in [6.07, 6.45) is 1.70. The zero-order chi connectivity index (χ0) is 26.0. The van der Waals surface area contributed by atoms with E-state index >= 15 is 0 Å². The number of carbonyl (C=O) groups excluding carboxylic acids is 1. The summed E-state index contributed by atoms with van der Waals surface area (Å²) in [5, 5.41) is 0.546. The Hall–Kier alpha value is -3.54. The molecule has 0 aliphatic carbocycles. The summed E-state index contributed by atoms with van der Waals surface area (Å²) < 4.78 is 52.8. The summed E-state index contributed by atoms with van der Waals surface area (Å²) >= 11 is 1.41. The number of sulfonamides is 1. The topological polar surface area (TPSA) is 97.8 Å². The number of methoxy groups -OCH3 is 1. The van der Waals surface area contributed by atoms with Crippen LogP contribution < -0.4 is 14.4 Å². The second-order valence-electron chi connectivity index (χ2n) is 8.52. The molecule has 5 rings (SSSR count). The highest BCUT2D eigenvalue weighted by Gasteiger charge is 2.27. The molecule has 1 saturated heterocycles. The first-order valence-corrected chi connectivity index (χ1v) is 13.9. The predicted octanol–water partition coefficient (Wildman–Crippen LogP) is 5.07. The molecule has 1 fully saturated rings. The highest BCUT2D eigenvalue weighted by atomic mass is 32.2. The van der Waals surface area contributed by atoms with Gasteiger partial charge in [0.25, 0.3) is 15.9 Å². The van der Waals surface area contributed by atoms with E-state index in [9.17, 15) is 17.6 Å². The summed E-state index contributed by atoms with van der Waals surface area (Å²) in [5.74, 6) is -0.115. The van der Waals surface area contributed by atoms with Crippen molar-refractivity contribution in [2.45, 2.75) is 23.8 Å². The maximum atomic E-state index is 13.6. The van der Waals surface area contributed by atoms with Gasteiger partial charge < -0.3 is 9.47 Å². The van der Waals surface area contributed by atoms with Crippen LogP contribution in [0.3, 0.4) is 0 Å². The monoisotopic (exact) mass is 541 g/mol. The number of nitrogens with zero attached hydrogens (tertiary/aromatic N) is 2. The first-order valence-electron chi connectivity index (χ1n) is 11.6. The van der Waals surface area contributed by atoms with Crippen LogP contribution in [-0.2, 0) is 14.8 Å². The molecule has 0 bridgehead atoms. The van der Waals surface area contributed by atoms with Crippen LogP contribution in [0.15, 0.2) is 71.6 Å². The van der Waals surface area contributed by atoms with Crippen molar-refractivity contribution in [3.63, 3.8) is 0 Å². The summed E-state index contributed by atoms with van der Waals surface area (Å²) in [5.41, 5.74) is 1.38. The molecule has 2 heterocycles. The van der Waals surface area contributed by atoms with Crippen molar-refractivity contribution < 1.29 is 27.1 Å². The minimum absolute atomic E-state index is 0.0655. The van der Waals surface area contributed by atoms with Crippen molar-refractivity contribution >= 4 is 48.3 Å². The normalized spacial score (nSPS) is 15.6. The molecule has 1 aliphatic heterocycles. The third-order valence-electron chi connectivity index (χ3n) is 5.98. The fourth-order valence-corrected chi connectivity index (χ4v) is 6.05. The number of rotatable bonds is 8. The van der Waals surface area contributed by atoms with E-state index in [-0.39, 0.29) is 22.6 Å². The van der Waals surface area contributed by atoms with Crippen LogP contribution in [0.5, 0.6) is 5.75 Å². The molecule has 1 atom stereocenters. The van der Waals surface area contributed by atoms with Gasteiger partial charge in [0.1, 0.15) is 11.6 Å². The molecule has 1 aliphatic rings. The predicted molar refractivity (Wildman–Crippen MR) is 140 cm³/mol. The Kier molecular flexibility index (Phi) is 7.09. The number of benzene rings is 3. The Labute approximate surface area is 217 Å². The number of thiazole rings is 1. The Morgan fingerprint density at radius 2 is 1.92 bits per heavy atom. The number of fused-ring (bicyclic) bond motifs is 1. The second-order valence-corrected chi connectivity index (χ2v) is 11.2. The number of amides is 1. The quantitative estimate of drug-likeness (QED) is 0.335. The summed E-state index contributed by atoms with van der Waals surface area (Å²) in [7, 11) is -2.32. The number of hydrogen-bond donors (Lipinski definition) is 1. The Balaban J connectivity index is 1.39. The van der Waals surface area contributed by atoms with E-state index in [1.807, 2.05) is 18.2 Å². The van der Waals surface area contributed by atoms with E-state index in [0.717, 1.165) is 35.2 Å². The molecule has 1 N–H and O–H groups in total. The fraction of sp³-hybridized carbons (Fsp3) is 0.231. The van der Waals surface area contributed by atoms with E-state index in [0.29, 0.717) is 29.6 Å². The van der Waals surface area contributed by atoms with Gasteiger partial charge in [0.2, 0.25) is 0 Å². The summed E-state index contributed by atoms with van der Waals surface area (Å²) in [4.78, 5) is 19.9. The van der Waals surface area contributed by atoms with Crippen molar-refractivity contribution in [3.8, 4) is 5.75 Å². The fourth-order valence-electron chi connectivity index (χ4n) is 4.04. The van der Waals surface area contributed by atoms with Gasteiger partial charge in [0.15, 0.2) is 5.13 Å². The molecule has 1 aromatic heterocycles. The zero-order valence-electron chi connectivity index (χ0n) is 19.9. The molecular weight excluding hydrogens is 517 g/mol. The molecule has 0 saturated carbocycles. The van der Waals surface area contributed by atoms with Gasteiger partial charge in [0.05, 0.1) is 34.9 Å². The van der Waals surface area contributed by atoms with Crippen LogP contribution in [-0.4, -0.2) is 45.7 Å². The highest BCUT2D eigenvalue weighted by Crippen LogP contribution is 2.33. The van der Waals surface area contributed by atoms with Crippen LogP contribution in [0.2, 0.25) is 0 Å². The third-order valence-corrected chi connectivity index (χ3v) is 8.43. The van der Waals surface area contributed by atoms with E-state index in [1.54, 1.807) is 24.1 Å². The van der Waals surface area contributed by atoms with Gasteiger partial charge in [0, 0.05) is 23.9 Å². The lowest BCUT2D eigenvalue weighted by atomic mass is 10.1. The van der Waals surface area contributed by atoms with E-state index < -0.39 is 15.8 Å². The minimum Gasteiger partial charge on any atom is -0.497 e. The number of hydrogen-bond acceptors (Lipinski definition) is 7. The van der Waals surface area contributed by atoms with Gasteiger partial charge in [-0.05, 0) is 73.5 Å². The van der Waals surface area contributed by atoms with Crippen LogP contribution in [0.4, 0.5) is 15.2 Å². The van der Waals surface area contributed by atoms with Gasteiger partial charge in [-0.3, -0.25) is 14.4 Å². The van der Waals surface area contributed by atoms with Crippen LogP contribution >= 0.6 is 11.3 Å². The Bertz CT molecular complexity index is 1520. The molecule has 0 spiro atoms. The van der Waals surface area contributed by atoms with E-state index in [2.05, 4.69) is 9.71 Å². The molecule has 1 amide bonds. The van der Waals surface area contributed by atoms with E-state index in [1.165, 1.54) is 35.6 Å². The number of ether oxygens (including phenoxy) is 2. The van der Waals surface area contributed by atoms with Crippen molar-refractivity contribution in [2.75, 3.05) is 29.9 Å². The zero-order valence-corrected chi connectivity index (χ0v) is 21.5. The van der Waals surface area contributed by atoms with Gasteiger partial charge >= 0.3 is 0 Å². The molecule has 3 aromatic carbocycles. The van der Waals surface area contributed by atoms with Crippen molar-refractivity contribution in [1.29, 1.82) is 0 Å². The summed E-state index contributed by atoms with van der Waals surface area (Å²) in [6, 6.07) is 16.3. The van der Waals surface area contributed by atoms with Crippen molar-refractivity contribution in [2.24, 2.45) is 0 Å². The van der Waals surface area contributed by atoms with Gasteiger partial charge in [-0.2, -0.15) is 0 Å². The molecule has 37 heavy (non-hydrogen) atoms. The van der Waals surface area contributed by atoms with Crippen LogP contribution in [0, 0.1) is 5.82 Å². The minimum atomic E-state index is -3.91. The lowest BCUT2D eigenvalue weighted by molar-refractivity contribution is 0.0917. The SMILES string of the molecule is COc1ccc2sc(N(CC3CCCO3)C(=O)c3ccc(NS(=O)(=O)c4ccc(F)cc4)cc3)nc2c1. The van der Waals surface area contributed by atoms with Crippen molar-refractivity contribution in [3.05, 3.63) is 78.1 Å². The molecule has 1 unspecified atom stereocenters. The first-order chi connectivity index (χ1) is 17.8. The molecule has 8 nitrogen and oxygen atoms in total. The molecular formula is C26H24FN3O5S2. The van der Waals surface area contributed by atoms with Crippen LogP contribution in [0.1, 0.15) is 23.2 Å². The van der Waals surface area contributed by atoms with Gasteiger partial charge in [-0.1, -0.05) is 11.3 Å². The molecule has 0 radical (unpaired) electrons. The smallest absolute Gasteiger partial charge is 0.261 e. The standard InChI is InChI=1S/C26H24FN3O5S2/c1-34-20-10-13-24-23(15-20)28-26(36-24)30(16-21-3-2-14-35-21)25(31)17-4-8-19(9-5-17)29-37(32,33)22-11-6-18(27)7-12-22/h4-13,15,21,29H,2-3,14,16H2,1H3. The first kappa shape index (κ1) is 25.1. The number of carbonyl (C=O) groups is 1. The number of halogens is 1. The van der Waals surface area contributed by atoms with Gasteiger partial charge in [-0.15, -0.1) is 0 Å². The average Bonchev–Trinajstić information content (AvgIpc) is 3.56. The summed E-state index contributed by atoms with van der Waals surface area (Å²) in [6.45, 7) is 1.02.